The van der Waals surface area contributed by atoms with E-state index in [0.29, 0.717) is 6.54 Å². The summed E-state index contributed by atoms with van der Waals surface area (Å²) in [7, 11) is 0. The summed E-state index contributed by atoms with van der Waals surface area (Å²) >= 11 is 0. The quantitative estimate of drug-likeness (QED) is 0.620. The number of hydrogen-bond acceptors (Lipinski definition) is 5. The van der Waals surface area contributed by atoms with Gasteiger partial charge in [0.2, 0.25) is 0 Å². The smallest absolute Gasteiger partial charge is 0.0805 e. The van der Waals surface area contributed by atoms with E-state index < -0.39 is 0 Å². The van der Waals surface area contributed by atoms with Crippen LogP contribution in [0, 0.1) is 0 Å². The molecule has 0 spiro atoms. The van der Waals surface area contributed by atoms with Crippen LogP contribution in [0.2, 0.25) is 0 Å². The number of rotatable bonds is 7. The van der Waals surface area contributed by atoms with Gasteiger partial charge in [0.25, 0.3) is 0 Å². The van der Waals surface area contributed by atoms with E-state index >= 15 is 0 Å². The van der Waals surface area contributed by atoms with Crippen molar-refractivity contribution in [2.45, 2.75) is 20.0 Å². The highest BCUT2D eigenvalue weighted by Crippen LogP contribution is 1.94. The Kier molecular flexibility index (Phi) is 6.91. The van der Waals surface area contributed by atoms with Crippen LogP contribution in [-0.4, -0.2) is 73.6 Å². The van der Waals surface area contributed by atoms with Crippen molar-refractivity contribution < 1.29 is 9.84 Å². The van der Waals surface area contributed by atoms with Crippen molar-refractivity contribution in [1.29, 1.82) is 0 Å². The van der Waals surface area contributed by atoms with Crippen LogP contribution in [0.4, 0.5) is 0 Å². The van der Waals surface area contributed by atoms with Gasteiger partial charge in [-0.05, 0) is 13.1 Å². The predicted molar refractivity (Wildman–Crippen MR) is 64.2 cm³/mol. The molecule has 0 aromatic rings. The second-order valence-electron chi connectivity index (χ2n) is 4.10. The van der Waals surface area contributed by atoms with Gasteiger partial charge in [-0.2, -0.15) is 0 Å². The van der Waals surface area contributed by atoms with Gasteiger partial charge in [-0.3, -0.25) is 5.43 Å². The maximum absolute atomic E-state index is 9.85. The lowest BCUT2D eigenvalue weighted by molar-refractivity contribution is 0.000486. The standard InChI is InChI=1S/C11H25N3O2/c1-3-13(4-2)10-11(15)9-12-14-5-7-16-8-6-14/h11-12,15H,3-10H2,1-2H3. The number of hydrazine groups is 1. The van der Waals surface area contributed by atoms with Crippen LogP contribution in [0.15, 0.2) is 0 Å². The van der Waals surface area contributed by atoms with Crippen molar-refractivity contribution in [3.8, 4) is 0 Å². The Morgan fingerprint density at radius 2 is 1.94 bits per heavy atom. The third kappa shape index (κ3) is 5.23. The molecule has 1 aliphatic rings. The monoisotopic (exact) mass is 231 g/mol. The molecule has 0 saturated carbocycles. The van der Waals surface area contributed by atoms with Crippen LogP contribution in [0.25, 0.3) is 0 Å². The highest BCUT2D eigenvalue weighted by atomic mass is 16.5. The fourth-order valence-electron chi connectivity index (χ4n) is 1.80. The zero-order valence-corrected chi connectivity index (χ0v) is 10.5. The minimum absolute atomic E-state index is 0.303. The lowest BCUT2D eigenvalue weighted by Gasteiger charge is -2.29. The van der Waals surface area contributed by atoms with Gasteiger partial charge < -0.3 is 14.7 Å². The van der Waals surface area contributed by atoms with Gasteiger partial charge in [0.15, 0.2) is 0 Å². The van der Waals surface area contributed by atoms with E-state index in [9.17, 15) is 5.11 Å². The molecule has 1 rings (SSSR count). The summed E-state index contributed by atoms with van der Waals surface area (Å²) in [5.74, 6) is 0. The van der Waals surface area contributed by atoms with E-state index in [1.54, 1.807) is 0 Å². The average Bonchev–Trinajstić information content (AvgIpc) is 2.34. The first-order chi connectivity index (χ1) is 7.76. The van der Waals surface area contributed by atoms with Crippen LogP contribution >= 0.6 is 0 Å². The zero-order chi connectivity index (χ0) is 11.8. The normalized spacial score (nSPS) is 20.2. The molecule has 1 unspecified atom stereocenters. The molecule has 1 saturated heterocycles. The molecule has 1 fully saturated rings. The van der Waals surface area contributed by atoms with Crippen LogP contribution in [0.5, 0.6) is 0 Å². The topological polar surface area (TPSA) is 48.0 Å². The maximum atomic E-state index is 9.85. The van der Waals surface area contributed by atoms with E-state index in [0.717, 1.165) is 45.9 Å². The predicted octanol–water partition coefficient (Wildman–Crippen LogP) is -0.474. The van der Waals surface area contributed by atoms with Crippen molar-refractivity contribution in [2.75, 3.05) is 52.5 Å². The summed E-state index contributed by atoms with van der Waals surface area (Å²) in [4.78, 5) is 2.23. The van der Waals surface area contributed by atoms with E-state index in [4.69, 9.17) is 4.74 Å². The van der Waals surface area contributed by atoms with Gasteiger partial charge in [-0.25, -0.2) is 5.01 Å². The molecule has 96 valence electrons. The van der Waals surface area contributed by atoms with Gasteiger partial charge in [-0.1, -0.05) is 13.8 Å². The number of aliphatic hydroxyl groups excluding tert-OH is 1. The average molecular weight is 231 g/mol. The first-order valence-electron chi connectivity index (χ1n) is 6.22. The molecule has 0 radical (unpaired) electrons. The first kappa shape index (κ1) is 13.9. The molecule has 0 aromatic carbocycles. The molecule has 16 heavy (non-hydrogen) atoms. The Morgan fingerprint density at radius 1 is 1.31 bits per heavy atom. The van der Waals surface area contributed by atoms with Crippen molar-refractivity contribution in [3.63, 3.8) is 0 Å². The Hall–Kier alpha value is -0.200. The summed E-state index contributed by atoms with van der Waals surface area (Å²) in [6, 6.07) is 0. The third-order valence-electron chi connectivity index (χ3n) is 2.92. The fraction of sp³-hybridized carbons (Fsp3) is 1.00. The van der Waals surface area contributed by atoms with Gasteiger partial charge in [-0.15, -0.1) is 0 Å². The third-order valence-corrected chi connectivity index (χ3v) is 2.92. The van der Waals surface area contributed by atoms with Crippen molar-refractivity contribution in [1.82, 2.24) is 15.3 Å². The largest absolute Gasteiger partial charge is 0.390 e. The van der Waals surface area contributed by atoms with Crippen molar-refractivity contribution in [3.05, 3.63) is 0 Å². The van der Waals surface area contributed by atoms with Crippen LogP contribution < -0.4 is 5.43 Å². The molecule has 5 heteroatoms. The molecule has 0 amide bonds. The first-order valence-corrected chi connectivity index (χ1v) is 6.22. The Labute approximate surface area is 98.3 Å². The SMILES string of the molecule is CCN(CC)CC(O)CNN1CCOCC1. The second kappa shape index (κ2) is 7.97. The van der Waals surface area contributed by atoms with E-state index in [1.165, 1.54) is 0 Å². The number of nitrogens with zero attached hydrogens (tertiary/aromatic N) is 2. The molecule has 2 N–H and O–H groups in total. The van der Waals surface area contributed by atoms with E-state index in [2.05, 4.69) is 29.2 Å². The molecule has 5 nitrogen and oxygen atoms in total. The molecule has 1 atom stereocenters. The minimum Gasteiger partial charge on any atom is -0.390 e. The molecule has 0 bridgehead atoms. The Balaban J connectivity index is 2.10. The van der Waals surface area contributed by atoms with E-state index in [1.807, 2.05) is 0 Å². The van der Waals surface area contributed by atoms with E-state index in [-0.39, 0.29) is 6.10 Å². The molecule has 0 aromatic heterocycles. The number of hydrogen-bond donors (Lipinski definition) is 2. The number of ether oxygens (including phenoxy) is 1. The number of likely N-dealkylation sites (N-methyl/N-ethyl adjacent to an activating group) is 1. The van der Waals surface area contributed by atoms with Gasteiger partial charge in [0.1, 0.15) is 0 Å². The number of aliphatic hydroxyl groups is 1. The second-order valence-corrected chi connectivity index (χ2v) is 4.10. The summed E-state index contributed by atoms with van der Waals surface area (Å²) in [5.41, 5.74) is 3.25. The Morgan fingerprint density at radius 3 is 2.50 bits per heavy atom. The fourth-order valence-corrected chi connectivity index (χ4v) is 1.80. The molecule has 0 aliphatic carbocycles. The van der Waals surface area contributed by atoms with Gasteiger partial charge in [0.05, 0.1) is 19.3 Å². The summed E-state index contributed by atoms with van der Waals surface area (Å²) in [6.45, 7) is 10.9. The number of nitrogens with one attached hydrogen (secondary N) is 1. The highest BCUT2D eigenvalue weighted by Gasteiger charge is 2.13. The molecule has 1 aliphatic heterocycles. The molecule has 1 heterocycles. The van der Waals surface area contributed by atoms with Crippen molar-refractivity contribution in [2.24, 2.45) is 0 Å². The summed E-state index contributed by atoms with van der Waals surface area (Å²) in [6.07, 6.45) is -0.303. The van der Waals surface area contributed by atoms with Crippen molar-refractivity contribution >= 4 is 0 Å². The highest BCUT2D eigenvalue weighted by molar-refractivity contribution is 4.66. The lowest BCUT2D eigenvalue weighted by Crippen LogP contribution is -2.49. The van der Waals surface area contributed by atoms with Crippen LogP contribution in [-0.2, 0) is 4.74 Å². The van der Waals surface area contributed by atoms with Gasteiger partial charge in [0, 0.05) is 26.2 Å². The van der Waals surface area contributed by atoms with Crippen LogP contribution in [0.1, 0.15) is 13.8 Å². The molecular formula is C11H25N3O2. The lowest BCUT2D eigenvalue weighted by atomic mass is 10.3. The molecular weight excluding hydrogens is 206 g/mol. The van der Waals surface area contributed by atoms with Gasteiger partial charge >= 0.3 is 0 Å². The Bertz CT molecular complexity index is 171. The minimum atomic E-state index is -0.303. The maximum Gasteiger partial charge on any atom is 0.0805 e. The summed E-state index contributed by atoms with van der Waals surface area (Å²) < 4.78 is 5.25. The van der Waals surface area contributed by atoms with Crippen LogP contribution in [0.3, 0.4) is 0 Å². The zero-order valence-electron chi connectivity index (χ0n) is 10.5. The number of morpholine rings is 1. The summed E-state index contributed by atoms with van der Waals surface area (Å²) in [5, 5.41) is 12.0.